The quantitative estimate of drug-likeness (QED) is 0.251. The summed E-state index contributed by atoms with van der Waals surface area (Å²) in [5.74, 6) is 3.77. The van der Waals surface area contributed by atoms with Gasteiger partial charge in [0.15, 0.2) is 0 Å². The summed E-state index contributed by atoms with van der Waals surface area (Å²) in [6, 6.07) is 4.00. The predicted octanol–water partition coefficient (Wildman–Crippen LogP) is 8.01. The molecule has 0 spiro atoms. The molecule has 42 heavy (non-hydrogen) atoms. The molecule has 0 radical (unpaired) electrons. The monoisotopic (exact) mass is 589 g/mol. The first-order valence-corrected chi connectivity index (χ1v) is 17.2. The number of nitrogens with zero attached hydrogens (tertiary/aromatic N) is 3. The van der Waals surface area contributed by atoms with Crippen molar-refractivity contribution >= 4 is 17.3 Å². The van der Waals surface area contributed by atoms with Gasteiger partial charge in [0.05, 0.1) is 12.2 Å². The van der Waals surface area contributed by atoms with Crippen molar-refractivity contribution < 1.29 is 14.3 Å². The van der Waals surface area contributed by atoms with E-state index in [1.807, 2.05) is 12.3 Å². The molecule has 2 aromatic heterocycles. The fourth-order valence-electron chi connectivity index (χ4n) is 10.6. The third-order valence-corrected chi connectivity index (χ3v) is 13.8. The molecule has 6 nitrogen and oxygen atoms in total. The second-order valence-electron chi connectivity index (χ2n) is 14.8. The number of esters is 1. The zero-order chi connectivity index (χ0) is 29.2. The molecule has 7 rings (SSSR count). The zero-order valence-electron chi connectivity index (χ0n) is 25.9. The number of ether oxygens (including phenoxy) is 2. The summed E-state index contributed by atoms with van der Waals surface area (Å²) in [6.45, 7) is 11.5. The summed E-state index contributed by atoms with van der Waals surface area (Å²) in [4.78, 5) is 15.8. The molecule has 0 bridgehead atoms. The Labute approximate surface area is 255 Å². The Kier molecular flexibility index (Phi) is 7.36. The Hall–Kier alpha value is -2.12. The Balaban J connectivity index is 1.00. The molecular formula is C35H47N3O3S. The highest BCUT2D eigenvalue weighted by molar-refractivity contribution is 7.14. The molecule has 0 aromatic carbocycles. The van der Waals surface area contributed by atoms with Crippen LogP contribution in [0.5, 0.6) is 0 Å². The SMILES string of the molecule is CC(=O)O[C@H]1CC[C@@]2(C)C(=CC[C@H]3[C@@H]4C[C@@H]5O[C@H](CC[C@H](C)c6nnc(-c7cccnc7)s6)[C@@H](C)[C@@H]5[C@@]4(C)CC[C@@H]32)C1. The number of fused-ring (bicyclic) bond motifs is 7. The van der Waals surface area contributed by atoms with Gasteiger partial charge in [0.2, 0.25) is 0 Å². The molecule has 0 N–H and O–H groups in total. The first kappa shape index (κ1) is 28.6. The van der Waals surface area contributed by atoms with Gasteiger partial charge in [-0.25, -0.2) is 0 Å². The average Bonchev–Trinajstić information content (AvgIpc) is 3.66. The largest absolute Gasteiger partial charge is 0.462 e. The summed E-state index contributed by atoms with van der Waals surface area (Å²) in [6.07, 6.45) is 17.4. The van der Waals surface area contributed by atoms with Gasteiger partial charge in [0, 0.05) is 37.2 Å². The molecule has 3 saturated carbocycles. The molecule has 0 unspecified atom stereocenters. The zero-order valence-corrected chi connectivity index (χ0v) is 26.7. The van der Waals surface area contributed by atoms with Gasteiger partial charge in [-0.2, -0.15) is 0 Å². The summed E-state index contributed by atoms with van der Waals surface area (Å²) >= 11 is 1.70. The van der Waals surface area contributed by atoms with E-state index in [1.54, 1.807) is 30.0 Å². The Morgan fingerprint density at radius 2 is 2.07 bits per heavy atom. The fraction of sp³-hybridized carbons (Fsp3) is 0.714. The lowest BCUT2D eigenvalue weighted by molar-refractivity contribution is -0.148. The van der Waals surface area contributed by atoms with Crippen LogP contribution in [0.4, 0.5) is 0 Å². The smallest absolute Gasteiger partial charge is 0.302 e. The topological polar surface area (TPSA) is 74.2 Å². The van der Waals surface area contributed by atoms with Crippen LogP contribution >= 0.6 is 11.3 Å². The van der Waals surface area contributed by atoms with E-state index in [4.69, 9.17) is 9.47 Å². The van der Waals surface area contributed by atoms with E-state index < -0.39 is 0 Å². The van der Waals surface area contributed by atoms with Crippen LogP contribution in [0.1, 0.15) is 103 Å². The van der Waals surface area contributed by atoms with E-state index in [9.17, 15) is 4.79 Å². The van der Waals surface area contributed by atoms with E-state index >= 15 is 0 Å². The first-order valence-electron chi connectivity index (χ1n) is 16.4. The van der Waals surface area contributed by atoms with Crippen molar-refractivity contribution in [1.82, 2.24) is 15.2 Å². The lowest BCUT2D eigenvalue weighted by Crippen LogP contribution is -2.51. The van der Waals surface area contributed by atoms with Gasteiger partial charge in [0.25, 0.3) is 0 Å². The number of carbonyl (C=O) groups excluding carboxylic acids is 1. The van der Waals surface area contributed by atoms with Crippen molar-refractivity contribution in [2.75, 3.05) is 0 Å². The minimum atomic E-state index is -0.138. The second-order valence-corrected chi connectivity index (χ2v) is 15.8. The van der Waals surface area contributed by atoms with E-state index in [2.05, 4.69) is 55.0 Å². The fourth-order valence-corrected chi connectivity index (χ4v) is 11.5. The molecule has 11 atom stereocenters. The molecule has 3 heterocycles. The Morgan fingerprint density at radius 1 is 1.21 bits per heavy atom. The maximum Gasteiger partial charge on any atom is 0.302 e. The van der Waals surface area contributed by atoms with Crippen LogP contribution in [-0.4, -0.2) is 39.5 Å². The number of allylic oxidation sites excluding steroid dienone is 1. The summed E-state index contributed by atoms with van der Waals surface area (Å²) in [7, 11) is 0. The third kappa shape index (κ3) is 4.68. The standard InChI is InChI=1S/C35H47N3O3S/c1-20(32-37-38-33(42-32)23-7-6-16-36-19-23)8-11-29-21(2)31-30(41-29)18-28-26-10-9-24-17-25(40-22(3)39)12-14-34(24,4)27(26)13-15-35(28,31)5/h6-7,9,16,19-21,25-31H,8,10-15,17-18H2,1-5H3/t20-,21+,25-,26+,27-,28-,29+,30-,31-,34-,35-/m0/s1. The van der Waals surface area contributed by atoms with Crippen molar-refractivity contribution in [3.63, 3.8) is 0 Å². The number of pyridine rings is 1. The van der Waals surface area contributed by atoms with Gasteiger partial charge in [0.1, 0.15) is 16.1 Å². The van der Waals surface area contributed by atoms with Crippen molar-refractivity contribution in [2.24, 2.45) is 40.4 Å². The highest BCUT2D eigenvalue weighted by atomic mass is 32.1. The minimum absolute atomic E-state index is 0.0713. The molecule has 5 aliphatic rings. The molecule has 7 heteroatoms. The van der Waals surface area contributed by atoms with E-state index in [-0.39, 0.29) is 17.5 Å². The van der Waals surface area contributed by atoms with Crippen LogP contribution in [0.2, 0.25) is 0 Å². The number of hydrogen-bond donors (Lipinski definition) is 0. The van der Waals surface area contributed by atoms with Crippen LogP contribution in [0.25, 0.3) is 10.6 Å². The number of carbonyl (C=O) groups is 1. The second kappa shape index (κ2) is 10.8. The van der Waals surface area contributed by atoms with Crippen molar-refractivity contribution in [3.8, 4) is 10.6 Å². The minimum Gasteiger partial charge on any atom is -0.462 e. The van der Waals surface area contributed by atoms with E-state index in [0.29, 0.717) is 35.4 Å². The lowest BCUT2D eigenvalue weighted by atomic mass is 9.47. The predicted molar refractivity (Wildman–Crippen MR) is 165 cm³/mol. The number of rotatable bonds is 6. The third-order valence-electron chi connectivity index (χ3n) is 12.6. The molecular weight excluding hydrogens is 542 g/mol. The number of aromatic nitrogens is 3. The molecule has 2 aromatic rings. The van der Waals surface area contributed by atoms with Gasteiger partial charge in [-0.3, -0.25) is 9.78 Å². The van der Waals surface area contributed by atoms with Crippen LogP contribution in [0.15, 0.2) is 36.2 Å². The summed E-state index contributed by atoms with van der Waals surface area (Å²) in [5.41, 5.74) is 3.26. The lowest BCUT2D eigenvalue weighted by Gasteiger charge is -2.58. The van der Waals surface area contributed by atoms with Crippen molar-refractivity contribution in [1.29, 1.82) is 0 Å². The van der Waals surface area contributed by atoms with Crippen LogP contribution < -0.4 is 0 Å². The number of hydrogen-bond acceptors (Lipinski definition) is 7. The Bertz CT molecular complexity index is 1340. The highest BCUT2D eigenvalue weighted by Gasteiger charge is 2.65. The van der Waals surface area contributed by atoms with Gasteiger partial charge in [-0.05, 0) is 104 Å². The van der Waals surface area contributed by atoms with Gasteiger partial charge >= 0.3 is 5.97 Å². The molecule has 4 aliphatic carbocycles. The molecule has 0 amide bonds. The maximum atomic E-state index is 11.6. The van der Waals surface area contributed by atoms with Gasteiger partial charge in [-0.15, -0.1) is 10.2 Å². The van der Waals surface area contributed by atoms with Gasteiger partial charge < -0.3 is 9.47 Å². The molecule has 4 fully saturated rings. The van der Waals surface area contributed by atoms with Crippen LogP contribution in [0, 0.1) is 40.4 Å². The molecule has 1 saturated heterocycles. The van der Waals surface area contributed by atoms with Crippen molar-refractivity contribution in [3.05, 3.63) is 41.2 Å². The highest BCUT2D eigenvalue weighted by Crippen LogP contribution is 2.69. The summed E-state index contributed by atoms with van der Waals surface area (Å²) in [5, 5.41) is 11.1. The summed E-state index contributed by atoms with van der Waals surface area (Å²) < 4.78 is 12.6. The van der Waals surface area contributed by atoms with Crippen LogP contribution in [0.3, 0.4) is 0 Å². The Morgan fingerprint density at radius 3 is 2.86 bits per heavy atom. The van der Waals surface area contributed by atoms with Crippen LogP contribution in [-0.2, 0) is 14.3 Å². The molecule has 226 valence electrons. The maximum absolute atomic E-state index is 11.6. The van der Waals surface area contributed by atoms with Gasteiger partial charge in [-0.1, -0.05) is 50.7 Å². The molecule has 1 aliphatic heterocycles. The average molecular weight is 590 g/mol. The normalized spacial score (nSPS) is 41.2. The van der Waals surface area contributed by atoms with Crippen molar-refractivity contribution in [2.45, 2.75) is 117 Å². The first-order chi connectivity index (χ1) is 20.2. The van der Waals surface area contributed by atoms with E-state index in [0.717, 1.165) is 65.4 Å². The van der Waals surface area contributed by atoms with E-state index in [1.165, 1.54) is 25.7 Å².